The van der Waals surface area contributed by atoms with E-state index in [1.165, 1.54) is 24.3 Å². The third-order valence-electron chi connectivity index (χ3n) is 6.74. The number of likely N-dealkylation sites (N-methyl/N-ethyl adjacent to an activating group) is 1. The van der Waals surface area contributed by atoms with Crippen LogP contribution in [-0.4, -0.2) is 30.7 Å². The lowest BCUT2D eigenvalue weighted by atomic mass is 9.93. The van der Waals surface area contributed by atoms with Crippen molar-refractivity contribution in [1.29, 1.82) is 0 Å². The molecule has 4 rings (SSSR count). The maximum Gasteiger partial charge on any atom is 0.351 e. The molecule has 6 nitrogen and oxygen atoms in total. The van der Waals surface area contributed by atoms with Gasteiger partial charge in [-0.25, -0.2) is 14.5 Å². The number of carbonyl (C=O) groups is 4. The monoisotopic (exact) mass is 467 g/mol. The number of hydrogen-bond acceptors (Lipinski definition) is 4. The SMILES string of the molecule is C#Cc1cc(Cc2cc(C)c([N+]3(C)C(=O)C=CC3=O)c(CC)c2)cc(CC)c1N1C(=O)C=CC1=O. The van der Waals surface area contributed by atoms with Gasteiger partial charge in [0.25, 0.3) is 11.8 Å². The van der Waals surface area contributed by atoms with Gasteiger partial charge in [0.05, 0.1) is 24.9 Å². The van der Waals surface area contributed by atoms with Crippen molar-refractivity contribution in [3.05, 3.63) is 82.0 Å². The molecule has 0 atom stereocenters. The maximum atomic E-state index is 12.6. The number of carbonyl (C=O) groups excluding carboxylic acids is 4. The van der Waals surface area contributed by atoms with Crippen molar-refractivity contribution in [3.8, 4) is 12.3 Å². The number of benzene rings is 2. The van der Waals surface area contributed by atoms with Gasteiger partial charge in [0, 0.05) is 28.8 Å². The van der Waals surface area contributed by atoms with Crippen LogP contribution < -0.4 is 9.38 Å². The van der Waals surface area contributed by atoms with Crippen LogP contribution in [0.3, 0.4) is 0 Å². The molecule has 0 saturated carbocycles. The predicted octanol–water partition coefficient (Wildman–Crippen LogP) is 3.68. The average molecular weight is 468 g/mol. The lowest BCUT2D eigenvalue weighted by Gasteiger charge is -2.27. The number of aryl methyl sites for hydroxylation is 3. The van der Waals surface area contributed by atoms with E-state index in [0.29, 0.717) is 30.5 Å². The van der Waals surface area contributed by atoms with Gasteiger partial charge in [0.15, 0.2) is 5.69 Å². The highest BCUT2D eigenvalue weighted by Crippen LogP contribution is 2.36. The number of quaternary nitrogens is 1. The minimum absolute atomic E-state index is 0.247. The van der Waals surface area contributed by atoms with Crippen LogP contribution in [0.25, 0.3) is 0 Å². The average Bonchev–Trinajstić information content (AvgIpc) is 3.30. The van der Waals surface area contributed by atoms with E-state index in [9.17, 15) is 19.2 Å². The summed E-state index contributed by atoms with van der Waals surface area (Å²) in [7, 11) is 1.65. The van der Waals surface area contributed by atoms with Crippen LogP contribution in [0.1, 0.15) is 47.2 Å². The Bertz CT molecular complexity index is 1370. The number of rotatable bonds is 6. The van der Waals surface area contributed by atoms with Crippen molar-refractivity contribution in [2.24, 2.45) is 0 Å². The molecule has 0 saturated heterocycles. The second-order valence-corrected chi connectivity index (χ2v) is 8.96. The molecule has 0 unspecified atom stereocenters. The Balaban J connectivity index is 1.76. The van der Waals surface area contributed by atoms with Crippen LogP contribution in [0.5, 0.6) is 0 Å². The standard InChI is InChI=1S/C29H27N2O4/c1-6-21-15-20(16-22(7-2)28(21)30-24(32)9-10-25(30)33)14-19-13-18(4)29(23(8-3)17-19)31(5)26(34)11-12-27(31)35/h1,9-13,15-17H,7-8,14H2,2-5H3/q+1. The molecule has 4 amide bonds. The maximum absolute atomic E-state index is 12.6. The summed E-state index contributed by atoms with van der Waals surface area (Å²) in [6.45, 7) is 5.88. The van der Waals surface area contributed by atoms with Crippen LogP contribution in [0, 0.1) is 19.3 Å². The first kappa shape index (κ1) is 24.1. The van der Waals surface area contributed by atoms with Gasteiger partial charge in [-0.3, -0.25) is 9.59 Å². The van der Waals surface area contributed by atoms with Crippen molar-refractivity contribution in [3.63, 3.8) is 0 Å². The van der Waals surface area contributed by atoms with E-state index in [-0.39, 0.29) is 16.3 Å². The molecule has 0 aliphatic carbocycles. The first-order chi connectivity index (χ1) is 16.6. The summed E-state index contributed by atoms with van der Waals surface area (Å²) < 4.78 is -0.378. The Labute approximate surface area is 205 Å². The Morgan fingerprint density at radius 2 is 1.37 bits per heavy atom. The fraction of sp³-hybridized carbons (Fsp3) is 0.241. The van der Waals surface area contributed by atoms with Crippen molar-refractivity contribution in [2.45, 2.75) is 40.0 Å². The minimum Gasteiger partial charge on any atom is -0.269 e. The fourth-order valence-electron chi connectivity index (χ4n) is 5.08. The zero-order valence-corrected chi connectivity index (χ0v) is 20.3. The molecule has 0 spiro atoms. The number of anilines is 1. The summed E-state index contributed by atoms with van der Waals surface area (Å²) in [5.74, 6) is 1.36. The molecule has 35 heavy (non-hydrogen) atoms. The molecule has 2 aliphatic rings. The number of hydrogen-bond donors (Lipinski definition) is 0. The molecule has 0 fully saturated rings. The summed E-state index contributed by atoms with van der Waals surface area (Å²) in [5.41, 5.74) is 6.30. The molecule has 2 aromatic rings. The molecule has 0 aromatic heterocycles. The smallest absolute Gasteiger partial charge is 0.269 e. The molecule has 0 radical (unpaired) electrons. The summed E-state index contributed by atoms with van der Waals surface area (Å²) in [5, 5.41) is 0. The van der Waals surface area contributed by atoms with Crippen LogP contribution in [0.15, 0.2) is 48.6 Å². The lowest BCUT2D eigenvalue weighted by Crippen LogP contribution is -2.51. The second-order valence-electron chi connectivity index (χ2n) is 8.96. The third kappa shape index (κ3) is 3.84. The van der Waals surface area contributed by atoms with Gasteiger partial charge in [-0.2, -0.15) is 4.48 Å². The van der Waals surface area contributed by atoms with Gasteiger partial charge in [-0.05, 0) is 61.1 Å². The predicted molar refractivity (Wildman–Crippen MR) is 136 cm³/mol. The molecule has 6 heteroatoms. The van der Waals surface area contributed by atoms with E-state index >= 15 is 0 Å². The molecule has 2 aliphatic heterocycles. The normalized spacial score (nSPS) is 16.5. The Hall–Kier alpha value is -4.08. The number of amides is 4. The highest BCUT2D eigenvalue weighted by Gasteiger charge is 2.46. The van der Waals surface area contributed by atoms with Crippen LogP contribution in [-0.2, 0) is 38.4 Å². The summed E-state index contributed by atoms with van der Waals surface area (Å²) in [4.78, 5) is 51.0. The molecule has 0 N–H and O–H groups in total. The zero-order valence-electron chi connectivity index (χ0n) is 20.3. The van der Waals surface area contributed by atoms with Gasteiger partial charge >= 0.3 is 11.8 Å². The molecular weight excluding hydrogens is 440 g/mol. The first-order valence-electron chi connectivity index (χ1n) is 11.6. The topological polar surface area (TPSA) is 71.5 Å². The molecular formula is C29H27N2O4+. The third-order valence-corrected chi connectivity index (χ3v) is 6.74. The molecule has 176 valence electrons. The minimum atomic E-state index is -0.398. The number of imide groups is 2. The largest absolute Gasteiger partial charge is 0.351 e. The van der Waals surface area contributed by atoms with Crippen LogP contribution in [0.4, 0.5) is 11.4 Å². The van der Waals surface area contributed by atoms with Crippen molar-refractivity contribution < 1.29 is 19.2 Å². The van der Waals surface area contributed by atoms with Gasteiger partial charge in [-0.1, -0.05) is 25.8 Å². The quantitative estimate of drug-likeness (QED) is 0.369. The van der Waals surface area contributed by atoms with Crippen molar-refractivity contribution in [1.82, 2.24) is 4.48 Å². The fourth-order valence-corrected chi connectivity index (χ4v) is 5.08. The summed E-state index contributed by atoms with van der Waals surface area (Å²) in [6, 6.07) is 7.86. The van der Waals surface area contributed by atoms with E-state index in [1.807, 2.05) is 45.0 Å². The summed E-state index contributed by atoms with van der Waals surface area (Å²) in [6.07, 6.45) is 12.8. The van der Waals surface area contributed by atoms with Crippen molar-refractivity contribution >= 4 is 35.0 Å². The number of nitrogens with zero attached hydrogens (tertiary/aromatic N) is 2. The summed E-state index contributed by atoms with van der Waals surface area (Å²) >= 11 is 0. The van der Waals surface area contributed by atoms with Crippen molar-refractivity contribution in [2.75, 3.05) is 11.9 Å². The van der Waals surface area contributed by atoms with E-state index < -0.39 is 11.8 Å². The van der Waals surface area contributed by atoms with E-state index in [0.717, 1.165) is 38.4 Å². The first-order valence-corrected chi connectivity index (χ1v) is 11.6. The Morgan fingerprint density at radius 3 is 1.91 bits per heavy atom. The Morgan fingerprint density at radius 1 is 0.829 bits per heavy atom. The highest BCUT2D eigenvalue weighted by atomic mass is 16.2. The van der Waals surface area contributed by atoms with Gasteiger partial charge < -0.3 is 0 Å². The molecule has 0 bridgehead atoms. The zero-order chi connectivity index (χ0) is 25.5. The van der Waals surface area contributed by atoms with Gasteiger partial charge in [0.1, 0.15) is 0 Å². The molecule has 2 heterocycles. The molecule has 2 aromatic carbocycles. The van der Waals surface area contributed by atoms with E-state index in [4.69, 9.17) is 6.42 Å². The van der Waals surface area contributed by atoms with Crippen LogP contribution in [0.2, 0.25) is 0 Å². The van der Waals surface area contributed by atoms with E-state index in [2.05, 4.69) is 5.92 Å². The number of terminal acetylenes is 1. The van der Waals surface area contributed by atoms with Gasteiger partial charge in [0.2, 0.25) is 0 Å². The lowest BCUT2D eigenvalue weighted by molar-refractivity contribution is -0.134. The van der Waals surface area contributed by atoms with E-state index in [1.54, 1.807) is 7.05 Å². The second kappa shape index (κ2) is 8.94. The Kier molecular flexibility index (Phi) is 6.14. The highest BCUT2D eigenvalue weighted by molar-refractivity contribution is 6.29. The van der Waals surface area contributed by atoms with Gasteiger partial charge in [-0.15, -0.1) is 6.42 Å². The van der Waals surface area contributed by atoms with Crippen LogP contribution >= 0.6 is 0 Å².